The molecule has 0 spiro atoms. The number of ether oxygens (including phenoxy) is 1. The molecule has 35 heavy (non-hydrogen) atoms. The Morgan fingerprint density at radius 3 is 2.69 bits per heavy atom. The Kier molecular flexibility index (Phi) is 7.97. The van der Waals surface area contributed by atoms with Gasteiger partial charge in [-0.1, -0.05) is 80.8 Å². The molecule has 3 atom stereocenters. The van der Waals surface area contributed by atoms with E-state index in [9.17, 15) is 0 Å². The summed E-state index contributed by atoms with van der Waals surface area (Å²) in [5.74, 6) is 2.22. The third-order valence-electron chi connectivity index (χ3n) is 8.51. The second-order valence-electron chi connectivity index (χ2n) is 10.9. The first-order valence-electron chi connectivity index (χ1n) is 13.9. The van der Waals surface area contributed by atoms with Gasteiger partial charge < -0.3 is 4.74 Å². The predicted molar refractivity (Wildman–Crippen MR) is 148 cm³/mol. The second kappa shape index (κ2) is 11.3. The van der Waals surface area contributed by atoms with E-state index in [-0.39, 0.29) is 12.1 Å². The van der Waals surface area contributed by atoms with Gasteiger partial charge in [0.2, 0.25) is 0 Å². The molecule has 1 heterocycles. The number of fused-ring (bicyclic) bond motifs is 1. The molecule has 3 unspecified atom stereocenters. The minimum absolute atomic E-state index is 0.0790. The predicted octanol–water partition coefficient (Wildman–Crippen LogP) is 9.41. The first-order chi connectivity index (χ1) is 17.1. The Morgan fingerprint density at radius 2 is 1.89 bits per heavy atom. The summed E-state index contributed by atoms with van der Waals surface area (Å²) in [6.07, 6.45) is 17.9. The van der Waals surface area contributed by atoms with E-state index >= 15 is 0 Å². The highest BCUT2D eigenvalue weighted by molar-refractivity contribution is 6.30. The van der Waals surface area contributed by atoms with Gasteiger partial charge in [-0.25, -0.2) is 0 Å². The summed E-state index contributed by atoms with van der Waals surface area (Å²) in [5, 5.41) is 0.843. The monoisotopic (exact) mass is 489 g/mol. The van der Waals surface area contributed by atoms with Gasteiger partial charge in [0.15, 0.2) is 0 Å². The van der Waals surface area contributed by atoms with Gasteiger partial charge in [-0.2, -0.15) is 0 Å². The molecule has 2 aromatic rings. The molecule has 2 aromatic carbocycles. The molecule has 186 valence electrons. The van der Waals surface area contributed by atoms with Crippen LogP contribution in [0.25, 0.3) is 0 Å². The molecule has 0 radical (unpaired) electrons. The van der Waals surface area contributed by atoms with Gasteiger partial charge in [0.05, 0.1) is 6.04 Å². The van der Waals surface area contributed by atoms with Crippen LogP contribution >= 0.6 is 11.6 Å². The molecule has 1 saturated carbocycles. The Morgan fingerprint density at radius 1 is 1.06 bits per heavy atom. The molecule has 5 rings (SSSR count). The van der Waals surface area contributed by atoms with Gasteiger partial charge in [0.25, 0.3) is 0 Å². The van der Waals surface area contributed by atoms with Crippen LogP contribution in [0.5, 0.6) is 5.75 Å². The van der Waals surface area contributed by atoms with E-state index in [1.165, 1.54) is 66.4 Å². The standard InChI is InChI=1S/C32H40ClNO/c1-3-23-18-26(33)20-30-28(23)21-29(24-11-6-4-5-7-12-24)32(30)35-27-14-8-13-25(19-27)31-16-15-22(2)10-9-17-34-31/h8,13-15,17-20,24,29,31-32H,3-7,9-12,16,21H2,1-2H3. The van der Waals surface area contributed by atoms with Crippen molar-refractivity contribution < 1.29 is 4.74 Å². The average Bonchev–Trinajstić information content (AvgIpc) is 3.02. The largest absolute Gasteiger partial charge is 0.485 e. The fourth-order valence-electron chi connectivity index (χ4n) is 6.55. The lowest BCUT2D eigenvalue weighted by atomic mass is 9.82. The topological polar surface area (TPSA) is 21.6 Å². The molecule has 3 aliphatic rings. The summed E-state index contributed by atoms with van der Waals surface area (Å²) < 4.78 is 6.95. The average molecular weight is 490 g/mol. The lowest BCUT2D eigenvalue weighted by molar-refractivity contribution is 0.102. The molecule has 0 bridgehead atoms. The minimum atomic E-state index is 0.0790. The normalized spacial score (nSPS) is 25.3. The Balaban J connectivity index is 1.46. The van der Waals surface area contributed by atoms with Gasteiger partial charge >= 0.3 is 0 Å². The van der Waals surface area contributed by atoms with Crippen molar-refractivity contribution in [2.45, 2.75) is 96.6 Å². The van der Waals surface area contributed by atoms with Crippen molar-refractivity contribution in [3.05, 3.63) is 75.3 Å². The van der Waals surface area contributed by atoms with Crippen LogP contribution in [0.4, 0.5) is 0 Å². The quantitative estimate of drug-likeness (QED) is 0.302. The zero-order chi connectivity index (χ0) is 24.2. The number of allylic oxidation sites excluding steroid dienone is 1. The molecule has 0 amide bonds. The molecule has 1 fully saturated rings. The van der Waals surface area contributed by atoms with Crippen molar-refractivity contribution in [1.29, 1.82) is 0 Å². The maximum Gasteiger partial charge on any atom is 0.127 e. The first kappa shape index (κ1) is 24.6. The number of aryl methyl sites for hydroxylation is 1. The summed E-state index contributed by atoms with van der Waals surface area (Å²) in [6, 6.07) is 13.2. The fourth-order valence-corrected chi connectivity index (χ4v) is 6.79. The summed E-state index contributed by atoms with van der Waals surface area (Å²) in [4.78, 5) is 4.89. The SMILES string of the molecule is CCc1cc(Cl)cc2c1CC(C1CCCCCC1)C2Oc1cccc(C2CC=C(C)CCC=N2)c1. The number of nitrogens with zero attached hydrogens (tertiary/aromatic N) is 1. The van der Waals surface area contributed by atoms with Gasteiger partial charge in [0.1, 0.15) is 11.9 Å². The molecule has 2 aliphatic carbocycles. The zero-order valence-electron chi connectivity index (χ0n) is 21.4. The van der Waals surface area contributed by atoms with E-state index in [0.29, 0.717) is 5.92 Å². The number of hydrogen-bond acceptors (Lipinski definition) is 2. The van der Waals surface area contributed by atoms with Crippen LogP contribution < -0.4 is 4.74 Å². The Labute approximate surface area is 216 Å². The van der Waals surface area contributed by atoms with Crippen LogP contribution in [0.15, 0.2) is 53.0 Å². The highest BCUT2D eigenvalue weighted by atomic mass is 35.5. The first-order valence-corrected chi connectivity index (χ1v) is 14.2. The van der Waals surface area contributed by atoms with E-state index < -0.39 is 0 Å². The number of benzene rings is 2. The van der Waals surface area contributed by atoms with Crippen molar-refractivity contribution in [2.24, 2.45) is 16.8 Å². The van der Waals surface area contributed by atoms with E-state index in [1.807, 2.05) is 0 Å². The molecule has 3 heteroatoms. The number of hydrogen-bond donors (Lipinski definition) is 0. The molecule has 1 aliphatic heterocycles. The molecular weight excluding hydrogens is 450 g/mol. The molecule has 0 saturated heterocycles. The molecule has 0 N–H and O–H groups in total. The van der Waals surface area contributed by atoms with E-state index in [2.05, 4.69) is 62.5 Å². The third kappa shape index (κ3) is 5.69. The number of aliphatic imine (C=N–C) groups is 1. The Bertz CT molecular complexity index is 1080. The van der Waals surface area contributed by atoms with E-state index in [4.69, 9.17) is 21.3 Å². The summed E-state index contributed by atoms with van der Waals surface area (Å²) in [7, 11) is 0. The van der Waals surface area contributed by atoms with Crippen LogP contribution in [-0.4, -0.2) is 6.21 Å². The minimum Gasteiger partial charge on any atom is -0.485 e. The van der Waals surface area contributed by atoms with Gasteiger partial charge in [-0.05, 0) is 97.7 Å². The maximum atomic E-state index is 6.95. The van der Waals surface area contributed by atoms with Crippen LogP contribution in [0, 0.1) is 11.8 Å². The summed E-state index contributed by atoms with van der Waals surface area (Å²) in [6.45, 7) is 4.48. The number of halogens is 1. The van der Waals surface area contributed by atoms with Crippen LogP contribution in [-0.2, 0) is 12.8 Å². The highest BCUT2D eigenvalue weighted by Crippen LogP contribution is 2.48. The lowest BCUT2D eigenvalue weighted by Gasteiger charge is -2.29. The van der Waals surface area contributed by atoms with E-state index in [1.54, 1.807) is 0 Å². The van der Waals surface area contributed by atoms with Gasteiger partial charge in [-0.15, -0.1) is 0 Å². The molecular formula is C32H40ClNO. The molecule has 2 nitrogen and oxygen atoms in total. The fraction of sp³-hybridized carbons (Fsp3) is 0.531. The van der Waals surface area contributed by atoms with Crippen molar-refractivity contribution in [3.8, 4) is 5.75 Å². The van der Waals surface area contributed by atoms with Crippen LogP contribution in [0.3, 0.4) is 0 Å². The van der Waals surface area contributed by atoms with Gasteiger partial charge in [-0.3, -0.25) is 4.99 Å². The van der Waals surface area contributed by atoms with E-state index in [0.717, 1.165) is 48.8 Å². The van der Waals surface area contributed by atoms with Crippen molar-refractivity contribution >= 4 is 17.8 Å². The van der Waals surface area contributed by atoms with Crippen molar-refractivity contribution in [1.82, 2.24) is 0 Å². The van der Waals surface area contributed by atoms with Crippen LogP contribution in [0.2, 0.25) is 5.02 Å². The number of rotatable bonds is 5. The van der Waals surface area contributed by atoms with Crippen molar-refractivity contribution in [3.63, 3.8) is 0 Å². The van der Waals surface area contributed by atoms with Crippen molar-refractivity contribution in [2.75, 3.05) is 0 Å². The summed E-state index contributed by atoms with van der Waals surface area (Å²) in [5.41, 5.74) is 6.94. The third-order valence-corrected chi connectivity index (χ3v) is 8.73. The zero-order valence-corrected chi connectivity index (χ0v) is 22.2. The Hall–Kier alpha value is -2.06. The van der Waals surface area contributed by atoms with Gasteiger partial charge in [0, 0.05) is 10.9 Å². The second-order valence-corrected chi connectivity index (χ2v) is 11.3. The lowest BCUT2D eigenvalue weighted by Crippen LogP contribution is -2.23. The summed E-state index contributed by atoms with van der Waals surface area (Å²) >= 11 is 6.63. The maximum absolute atomic E-state index is 6.95. The van der Waals surface area contributed by atoms with Crippen LogP contribution in [0.1, 0.15) is 106 Å². The smallest absolute Gasteiger partial charge is 0.127 e. The molecule has 0 aromatic heterocycles. The highest BCUT2D eigenvalue weighted by Gasteiger charge is 2.40.